The highest BCUT2D eigenvalue weighted by Crippen LogP contribution is 2.17. The van der Waals surface area contributed by atoms with Crippen LogP contribution in [0.15, 0.2) is 34.8 Å². The van der Waals surface area contributed by atoms with Crippen molar-refractivity contribution < 1.29 is 19.1 Å². The minimum Gasteiger partial charge on any atom is -0.452 e. The van der Waals surface area contributed by atoms with Gasteiger partial charge in [0.25, 0.3) is 5.91 Å². The number of urea groups is 1. The van der Waals surface area contributed by atoms with Crippen molar-refractivity contribution in [3.8, 4) is 0 Å². The van der Waals surface area contributed by atoms with Crippen LogP contribution in [0.5, 0.6) is 0 Å². The summed E-state index contributed by atoms with van der Waals surface area (Å²) in [5.74, 6) is -1.31. The van der Waals surface area contributed by atoms with Gasteiger partial charge in [-0.3, -0.25) is 10.1 Å². The lowest BCUT2D eigenvalue weighted by atomic mass is 10.2. The van der Waals surface area contributed by atoms with Crippen molar-refractivity contribution in [2.75, 3.05) is 6.61 Å². The van der Waals surface area contributed by atoms with E-state index in [0.29, 0.717) is 0 Å². The van der Waals surface area contributed by atoms with E-state index >= 15 is 0 Å². The summed E-state index contributed by atoms with van der Waals surface area (Å²) in [5, 5.41) is 4.87. The average molecular weight is 395 g/mol. The number of benzene rings is 1. The van der Waals surface area contributed by atoms with Crippen LogP contribution < -0.4 is 10.6 Å². The molecule has 0 aromatic heterocycles. The van der Waals surface area contributed by atoms with E-state index in [0.717, 1.165) is 35.7 Å². The molecule has 1 aromatic rings. The molecular formula is C17H19BrN2O4. The highest BCUT2D eigenvalue weighted by Gasteiger charge is 2.18. The fraction of sp³-hybridized carbons (Fsp3) is 0.353. The minimum atomic E-state index is -0.657. The first-order valence-corrected chi connectivity index (χ1v) is 8.53. The Kier molecular flexibility index (Phi) is 6.99. The van der Waals surface area contributed by atoms with Crippen molar-refractivity contribution in [1.82, 2.24) is 10.6 Å². The largest absolute Gasteiger partial charge is 0.452 e. The third kappa shape index (κ3) is 6.54. The van der Waals surface area contributed by atoms with Crippen molar-refractivity contribution in [3.63, 3.8) is 0 Å². The smallest absolute Gasteiger partial charge is 0.331 e. The highest BCUT2D eigenvalue weighted by atomic mass is 79.9. The van der Waals surface area contributed by atoms with Gasteiger partial charge in [0, 0.05) is 16.6 Å². The zero-order valence-electron chi connectivity index (χ0n) is 13.1. The second-order valence-electron chi connectivity index (χ2n) is 5.50. The standard InChI is InChI=1S/C17H19BrN2O4/c18-13-8-5-12(6-9-13)7-10-16(22)24-11-15(21)20-17(23)19-14-3-1-2-4-14/h5-10,14H,1-4,11H2,(H2,19,20,21,23)/b10-7+. The lowest BCUT2D eigenvalue weighted by Gasteiger charge is -2.12. The summed E-state index contributed by atoms with van der Waals surface area (Å²) in [6.45, 7) is -0.498. The molecular weight excluding hydrogens is 376 g/mol. The molecule has 24 heavy (non-hydrogen) atoms. The first-order valence-electron chi connectivity index (χ1n) is 7.73. The van der Waals surface area contributed by atoms with Gasteiger partial charge in [-0.25, -0.2) is 9.59 Å². The van der Waals surface area contributed by atoms with Crippen molar-refractivity contribution in [2.45, 2.75) is 31.7 Å². The van der Waals surface area contributed by atoms with E-state index in [2.05, 4.69) is 26.6 Å². The third-order valence-electron chi connectivity index (χ3n) is 3.57. The molecule has 2 rings (SSSR count). The van der Waals surface area contributed by atoms with Crippen LogP contribution in [-0.2, 0) is 14.3 Å². The maximum Gasteiger partial charge on any atom is 0.331 e. The molecule has 1 saturated carbocycles. The van der Waals surface area contributed by atoms with Gasteiger partial charge < -0.3 is 10.1 Å². The number of halogens is 1. The normalized spacial score (nSPS) is 14.5. The summed E-state index contributed by atoms with van der Waals surface area (Å²) in [6.07, 6.45) is 6.84. The number of carbonyl (C=O) groups is 3. The number of rotatable bonds is 5. The first kappa shape index (κ1) is 18.2. The number of carbonyl (C=O) groups excluding carboxylic acids is 3. The van der Waals surface area contributed by atoms with Gasteiger partial charge in [0.15, 0.2) is 6.61 Å². The fourth-order valence-electron chi connectivity index (χ4n) is 2.38. The minimum absolute atomic E-state index is 0.120. The number of esters is 1. The monoisotopic (exact) mass is 394 g/mol. The zero-order chi connectivity index (χ0) is 17.4. The van der Waals surface area contributed by atoms with E-state index in [1.807, 2.05) is 24.3 Å². The van der Waals surface area contributed by atoms with Crippen LogP contribution in [0, 0.1) is 0 Å². The summed E-state index contributed by atoms with van der Waals surface area (Å²) in [6, 6.07) is 6.92. The van der Waals surface area contributed by atoms with Gasteiger partial charge in [-0.15, -0.1) is 0 Å². The summed E-state index contributed by atoms with van der Waals surface area (Å²) >= 11 is 3.32. The van der Waals surface area contributed by atoms with E-state index in [1.54, 1.807) is 6.08 Å². The van der Waals surface area contributed by atoms with Gasteiger partial charge in [-0.1, -0.05) is 40.9 Å². The predicted molar refractivity (Wildman–Crippen MR) is 93.1 cm³/mol. The summed E-state index contributed by atoms with van der Waals surface area (Å²) in [5.41, 5.74) is 0.829. The van der Waals surface area contributed by atoms with Crippen LogP contribution >= 0.6 is 15.9 Å². The molecule has 0 heterocycles. The number of imide groups is 1. The van der Waals surface area contributed by atoms with Gasteiger partial charge in [0.1, 0.15) is 0 Å². The highest BCUT2D eigenvalue weighted by molar-refractivity contribution is 9.10. The van der Waals surface area contributed by atoms with Crippen LogP contribution in [-0.4, -0.2) is 30.6 Å². The first-order chi connectivity index (χ1) is 11.5. The van der Waals surface area contributed by atoms with E-state index in [9.17, 15) is 14.4 Å². The van der Waals surface area contributed by atoms with Crippen LogP contribution in [0.1, 0.15) is 31.2 Å². The van der Waals surface area contributed by atoms with E-state index in [1.165, 1.54) is 6.08 Å². The number of ether oxygens (including phenoxy) is 1. The van der Waals surface area contributed by atoms with Crippen LogP contribution in [0.4, 0.5) is 4.79 Å². The Morgan fingerprint density at radius 1 is 1.17 bits per heavy atom. The summed E-state index contributed by atoms with van der Waals surface area (Å²) in [4.78, 5) is 34.7. The van der Waals surface area contributed by atoms with Crippen LogP contribution in [0.2, 0.25) is 0 Å². The summed E-state index contributed by atoms with van der Waals surface area (Å²) in [7, 11) is 0. The van der Waals surface area contributed by atoms with E-state index < -0.39 is 24.5 Å². The Bertz CT molecular complexity index is 622. The van der Waals surface area contributed by atoms with Gasteiger partial charge in [0.05, 0.1) is 0 Å². The SMILES string of the molecule is O=C(COC(=O)/C=C/c1ccc(Br)cc1)NC(=O)NC1CCCC1. The van der Waals surface area contributed by atoms with Crippen molar-refractivity contribution in [2.24, 2.45) is 0 Å². The maximum absolute atomic E-state index is 11.6. The molecule has 0 atom stereocenters. The Balaban J connectivity index is 1.67. The maximum atomic E-state index is 11.6. The lowest BCUT2D eigenvalue weighted by Crippen LogP contribution is -2.44. The van der Waals surface area contributed by atoms with Gasteiger partial charge in [0.2, 0.25) is 0 Å². The van der Waals surface area contributed by atoms with Crippen molar-refractivity contribution in [1.29, 1.82) is 0 Å². The van der Waals surface area contributed by atoms with Gasteiger partial charge >= 0.3 is 12.0 Å². The molecule has 1 fully saturated rings. The van der Waals surface area contributed by atoms with Gasteiger partial charge in [-0.2, -0.15) is 0 Å². The van der Waals surface area contributed by atoms with Gasteiger partial charge in [-0.05, 0) is 36.6 Å². The average Bonchev–Trinajstić information content (AvgIpc) is 3.05. The van der Waals surface area contributed by atoms with Crippen LogP contribution in [0.3, 0.4) is 0 Å². The molecule has 6 nitrogen and oxygen atoms in total. The number of amides is 3. The number of nitrogens with one attached hydrogen (secondary N) is 2. The van der Waals surface area contributed by atoms with E-state index in [-0.39, 0.29) is 6.04 Å². The Hall–Kier alpha value is -2.15. The fourth-order valence-corrected chi connectivity index (χ4v) is 2.64. The van der Waals surface area contributed by atoms with Crippen LogP contribution in [0.25, 0.3) is 6.08 Å². The second-order valence-corrected chi connectivity index (χ2v) is 6.41. The molecule has 0 aliphatic heterocycles. The third-order valence-corrected chi connectivity index (χ3v) is 4.10. The molecule has 3 amide bonds. The molecule has 0 unspecified atom stereocenters. The van der Waals surface area contributed by atoms with E-state index in [4.69, 9.17) is 4.74 Å². The zero-order valence-corrected chi connectivity index (χ0v) is 14.7. The molecule has 7 heteroatoms. The molecule has 1 aliphatic rings. The Morgan fingerprint density at radius 2 is 1.83 bits per heavy atom. The molecule has 0 radical (unpaired) electrons. The lowest BCUT2D eigenvalue weighted by molar-refractivity contribution is -0.143. The summed E-state index contributed by atoms with van der Waals surface area (Å²) < 4.78 is 5.73. The molecule has 0 spiro atoms. The topological polar surface area (TPSA) is 84.5 Å². The van der Waals surface area contributed by atoms with Crippen molar-refractivity contribution in [3.05, 3.63) is 40.4 Å². The number of hydrogen-bond acceptors (Lipinski definition) is 4. The second kappa shape index (κ2) is 9.22. The quantitative estimate of drug-likeness (QED) is 0.593. The Morgan fingerprint density at radius 3 is 2.50 bits per heavy atom. The molecule has 0 saturated heterocycles. The number of hydrogen-bond donors (Lipinski definition) is 2. The molecule has 128 valence electrons. The van der Waals surface area contributed by atoms with Crippen molar-refractivity contribution >= 4 is 39.9 Å². The molecule has 0 bridgehead atoms. The molecule has 1 aromatic carbocycles. The Labute approximate surface area is 148 Å². The molecule has 1 aliphatic carbocycles. The molecule has 2 N–H and O–H groups in total. The predicted octanol–water partition coefficient (Wildman–Crippen LogP) is 2.77.